The van der Waals surface area contributed by atoms with Crippen molar-refractivity contribution in [2.75, 3.05) is 12.1 Å². The lowest BCUT2D eigenvalue weighted by Crippen LogP contribution is -2.32. The van der Waals surface area contributed by atoms with Gasteiger partial charge < -0.3 is 20.1 Å². The number of ether oxygens (including phenoxy) is 2. The first-order valence-corrected chi connectivity index (χ1v) is 8.81. The van der Waals surface area contributed by atoms with Crippen molar-refractivity contribution >= 4 is 17.5 Å². The molecule has 1 aliphatic carbocycles. The van der Waals surface area contributed by atoms with Crippen molar-refractivity contribution in [3.63, 3.8) is 0 Å². The summed E-state index contributed by atoms with van der Waals surface area (Å²) in [5, 5.41) is 5.86. The molecule has 0 spiro atoms. The molecule has 0 saturated heterocycles. The molecule has 6 nitrogen and oxygen atoms in total. The van der Waals surface area contributed by atoms with E-state index in [1.54, 1.807) is 42.5 Å². The summed E-state index contributed by atoms with van der Waals surface area (Å²) in [7, 11) is 0. The maximum Gasteiger partial charge on any atom is 0.255 e. The van der Waals surface area contributed by atoms with Crippen LogP contribution in [0.4, 0.5) is 5.69 Å². The van der Waals surface area contributed by atoms with E-state index in [9.17, 15) is 9.59 Å². The lowest BCUT2D eigenvalue weighted by atomic mass is 10.1. The predicted molar refractivity (Wildman–Crippen MR) is 96.7 cm³/mol. The van der Waals surface area contributed by atoms with Crippen LogP contribution >= 0.6 is 0 Å². The van der Waals surface area contributed by atoms with Crippen LogP contribution in [0, 0.1) is 0 Å². The zero-order valence-corrected chi connectivity index (χ0v) is 14.3. The number of hydrogen-bond acceptors (Lipinski definition) is 4. The third-order valence-corrected chi connectivity index (χ3v) is 4.73. The van der Waals surface area contributed by atoms with Gasteiger partial charge in [0.25, 0.3) is 11.8 Å². The van der Waals surface area contributed by atoms with E-state index < -0.39 is 0 Å². The smallest absolute Gasteiger partial charge is 0.255 e. The maximum absolute atomic E-state index is 12.4. The Hall–Kier alpha value is -3.02. The Bertz CT molecular complexity index is 826. The van der Waals surface area contributed by atoms with Crippen LogP contribution in [0.2, 0.25) is 0 Å². The zero-order chi connectivity index (χ0) is 17.9. The molecular formula is C20H20N2O4. The third kappa shape index (κ3) is 3.49. The fourth-order valence-electron chi connectivity index (χ4n) is 3.29. The molecule has 0 atom stereocenters. The van der Waals surface area contributed by atoms with E-state index in [1.807, 2.05) is 0 Å². The molecule has 1 saturated carbocycles. The van der Waals surface area contributed by atoms with Crippen LogP contribution in [0.1, 0.15) is 46.4 Å². The van der Waals surface area contributed by atoms with E-state index in [4.69, 9.17) is 9.47 Å². The van der Waals surface area contributed by atoms with E-state index in [2.05, 4.69) is 10.6 Å². The summed E-state index contributed by atoms with van der Waals surface area (Å²) in [6.45, 7) is 0.192. The normalized spacial score (nSPS) is 15.7. The van der Waals surface area contributed by atoms with Gasteiger partial charge in [-0.25, -0.2) is 0 Å². The van der Waals surface area contributed by atoms with Crippen LogP contribution in [0.15, 0.2) is 42.5 Å². The first-order valence-electron chi connectivity index (χ1n) is 8.81. The van der Waals surface area contributed by atoms with E-state index >= 15 is 0 Å². The van der Waals surface area contributed by atoms with Gasteiger partial charge >= 0.3 is 0 Å². The minimum Gasteiger partial charge on any atom is -0.454 e. The summed E-state index contributed by atoms with van der Waals surface area (Å²) >= 11 is 0. The molecule has 0 aromatic heterocycles. The second-order valence-corrected chi connectivity index (χ2v) is 6.55. The molecule has 0 unspecified atom stereocenters. The monoisotopic (exact) mass is 352 g/mol. The van der Waals surface area contributed by atoms with Crippen molar-refractivity contribution < 1.29 is 19.1 Å². The molecule has 6 heteroatoms. The van der Waals surface area contributed by atoms with Crippen LogP contribution in [0.3, 0.4) is 0 Å². The van der Waals surface area contributed by atoms with Gasteiger partial charge in [-0.3, -0.25) is 9.59 Å². The molecule has 26 heavy (non-hydrogen) atoms. The van der Waals surface area contributed by atoms with Gasteiger partial charge in [0.15, 0.2) is 11.5 Å². The van der Waals surface area contributed by atoms with E-state index in [0.29, 0.717) is 28.3 Å². The van der Waals surface area contributed by atoms with Crippen molar-refractivity contribution in [1.29, 1.82) is 0 Å². The fourth-order valence-corrected chi connectivity index (χ4v) is 3.29. The highest BCUT2D eigenvalue weighted by atomic mass is 16.7. The minimum atomic E-state index is -0.244. The Morgan fingerprint density at radius 2 is 1.50 bits per heavy atom. The Balaban J connectivity index is 1.39. The van der Waals surface area contributed by atoms with Gasteiger partial charge in [-0.05, 0) is 49.2 Å². The molecule has 0 radical (unpaired) electrons. The van der Waals surface area contributed by atoms with Crippen LogP contribution in [-0.4, -0.2) is 24.6 Å². The molecule has 134 valence electrons. The van der Waals surface area contributed by atoms with E-state index in [-0.39, 0.29) is 24.6 Å². The zero-order valence-electron chi connectivity index (χ0n) is 14.3. The van der Waals surface area contributed by atoms with Crippen molar-refractivity contribution in [1.82, 2.24) is 5.32 Å². The van der Waals surface area contributed by atoms with Gasteiger partial charge in [-0.1, -0.05) is 12.8 Å². The number of carbonyl (C=O) groups excluding carboxylic acids is 2. The summed E-state index contributed by atoms with van der Waals surface area (Å²) < 4.78 is 10.6. The van der Waals surface area contributed by atoms with Crippen LogP contribution in [-0.2, 0) is 0 Å². The van der Waals surface area contributed by atoms with Gasteiger partial charge in [-0.2, -0.15) is 0 Å². The number of amides is 2. The molecule has 2 aliphatic rings. The lowest BCUT2D eigenvalue weighted by molar-refractivity contribution is 0.0936. The maximum atomic E-state index is 12.4. The van der Waals surface area contributed by atoms with Crippen molar-refractivity contribution in [3.8, 4) is 11.5 Å². The quantitative estimate of drug-likeness (QED) is 0.885. The van der Waals surface area contributed by atoms with Gasteiger partial charge in [-0.15, -0.1) is 0 Å². The number of nitrogens with one attached hydrogen (secondary N) is 2. The number of carbonyl (C=O) groups is 2. The van der Waals surface area contributed by atoms with Crippen LogP contribution < -0.4 is 20.1 Å². The molecule has 1 heterocycles. The Morgan fingerprint density at radius 3 is 2.23 bits per heavy atom. The summed E-state index contributed by atoms with van der Waals surface area (Å²) in [4.78, 5) is 24.6. The molecule has 4 rings (SSSR count). The fraction of sp³-hybridized carbons (Fsp3) is 0.300. The Labute approximate surface area is 151 Å². The average Bonchev–Trinajstić information content (AvgIpc) is 3.33. The third-order valence-electron chi connectivity index (χ3n) is 4.73. The average molecular weight is 352 g/mol. The highest BCUT2D eigenvalue weighted by Crippen LogP contribution is 2.34. The van der Waals surface area contributed by atoms with E-state index in [1.165, 1.54) is 12.8 Å². The topological polar surface area (TPSA) is 76.7 Å². The first kappa shape index (κ1) is 16.4. The van der Waals surface area contributed by atoms with Crippen molar-refractivity contribution in [2.24, 2.45) is 0 Å². The minimum absolute atomic E-state index is 0.0837. The first-order chi connectivity index (χ1) is 12.7. The lowest BCUT2D eigenvalue weighted by Gasteiger charge is -2.12. The largest absolute Gasteiger partial charge is 0.454 e. The second kappa shape index (κ2) is 7.07. The Morgan fingerprint density at radius 1 is 0.846 bits per heavy atom. The molecule has 2 N–H and O–H groups in total. The summed E-state index contributed by atoms with van der Waals surface area (Å²) in [5.41, 5.74) is 1.68. The standard InChI is InChI=1S/C20H20N2O4/c23-19(21-15-3-1-2-4-15)13-5-7-14(8-6-13)20(24)22-16-9-10-17-18(11-16)26-12-25-17/h5-11,15H,1-4,12H2,(H,21,23)(H,22,24). The molecule has 0 bridgehead atoms. The van der Waals surface area contributed by atoms with Crippen LogP contribution in [0.5, 0.6) is 11.5 Å². The molecule has 2 aromatic rings. The van der Waals surface area contributed by atoms with Crippen LogP contribution in [0.25, 0.3) is 0 Å². The molecular weight excluding hydrogens is 332 g/mol. The molecule has 2 aromatic carbocycles. The second-order valence-electron chi connectivity index (χ2n) is 6.55. The van der Waals surface area contributed by atoms with Gasteiger partial charge in [0.1, 0.15) is 0 Å². The van der Waals surface area contributed by atoms with E-state index in [0.717, 1.165) is 12.8 Å². The van der Waals surface area contributed by atoms with Crippen molar-refractivity contribution in [3.05, 3.63) is 53.6 Å². The van der Waals surface area contributed by atoms with Gasteiger partial charge in [0.2, 0.25) is 6.79 Å². The highest BCUT2D eigenvalue weighted by Gasteiger charge is 2.18. The molecule has 2 amide bonds. The SMILES string of the molecule is O=C(Nc1ccc2c(c1)OCO2)c1ccc(C(=O)NC2CCCC2)cc1. The molecule has 1 fully saturated rings. The molecule has 1 aliphatic heterocycles. The van der Waals surface area contributed by atoms with Gasteiger partial charge in [0, 0.05) is 28.9 Å². The highest BCUT2D eigenvalue weighted by molar-refractivity contribution is 6.05. The number of benzene rings is 2. The number of fused-ring (bicyclic) bond motifs is 1. The summed E-state index contributed by atoms with van der Waals surface area (Å²) in [6, 6.07) is 12.2. The number of rotatable bonds is 4. The predicted octanol–water partition coefficient (Wildman–Crippen LogP) is 3.34. The summed E-state index contributed by atoms with van der Waals surface area (Å²) in [6.07, 6.45) is 4.43. The Kier molecular flexibility index (Phi) is 4.48. The van der Waals surface area contributed by atoms with Gasteiger partial charge in [0.05, 0.1) is 0 Å². The summed E-state index contributed by atoms with van der Waals surface area (Å²) in [5.74, 6) is 0.952. The number of anilines is 1. The number of hydrogen-bond donors (Lipinski definition) is 2. The van der Waals surface area contributed by atoms with Crippen molar-refractivity contribution in [2.45, 2.75) is 31.7 Å².